The van der Waals surface area contributed by atoms with Crippen LogP contribution in [0.2, 0.25) is 0 Å². The SMILES string of the molecule is Nc1nn2c(c1N)N=C(c1ccccc1)C2. The third-order valence-corrected chi connectivity index (χ3v) is 2.64. The molecule has 2 heterocycles. The average molecular weight is 213 g/mol. The third kappa shape index (κ3) is 1.18. The zero-order valence-electron chi connectivity index (χ0n) is 8.59. The van der Waals surface area contributed by atoms with Gasteiger partial charge in [0.25, 0.3) is 0 Å². The molecule has 1 aliphatic rings. The maximum atomic E-state index is 5.78. The topological polar surface area (TPSA) is 82.2 Å². The van der Waals surface area contributed by atoms with Crippen LogP contribution in [0.25, 0.3) is 0 Å². The molecule has 0 bridgehead atoms. The summed E-state index contributed by atoms with van der Waals surface area (Å²) >= 11 is 0. The number of hydrogen-bond acceptors (Lipinski definition) is 4. The molecule has 4 N–H and O–H groups in total. The molecular formula is C11H11N5. The minimum Gasteiger partial charge on any atom is -0.393 e. The maximum absolute atomic E-state index is 5.78. The molecule has 1 aliphatic heterocycles. The van der Waals surface area contributed by atoms with Crippen LogP contribution < -0.4 is 11.5 Å². The highest BCUT2D eigenvalue weighted by Gasteiger charge is 2.21. The first-order chi connectivity index (χ1) is 7.75. The van der Waals surface area contributed by atoms with Crippen molar-refractivity contribution in [2.75, 3.05) is 11.5 Å². The van der Waals surface area contributed by atoms with Crippen LogP contribution in [0.5, 0.6) is 0 Å². The van der Waals surface area contributed by atoms with Crippen LogP contribution in [0.1, 0.15) is 5.56 Å². The van der Waals surface area contributed by atoms with Gasteiger partial charge in [-0.05, 0) is 5.56 Å². The Bertz CT molecular complexity index is 568. The zero-order valence-corrected chi connectivity index (χ0v) is 8.59. The van der Waals surface area contributed by atoms with Gasteiger partial charge in [-0.3, -0.25) is 0 Å². The number of benzene rings is 1. The Morgan fingerprint density at radius 1 is 1.12 bits per heavy atom. The van der Waals surface area contributed by atoms with Crippen molar-refractivity contribution in [2.45, 2.75) is 6.54 Å². The highest BCUT2D eigenvalue weighted by atomic mass is 15.4. The lowest BCUT2D eigenvalue weighted by molar-refractivity contribution is 0.756. The summed E-state index contributed by atoms with van der Waals surface area (Å²) in [5, 5.41) is 4.12. The van der Waals surface area contributed by atoms with E-state index in [0.717, 1.165) is 11.3 Å². The predicted molar refractivity (Wildman–Crippen MR) is 63.7 cm³/mol. The summed E-state index contributed by atoms with van der Waals surface area (Å²) in [6, 6.07) is 9.98. The number of nitrogens with two attached hydrogens (primary N) is 2. The van der Waals surface area contributed by atoms with E-state index in [-0.39, 0.29) is 0 Å². The normalized spacial score (nSPS) is 13.6. The standard InChI is InChI=1S/C11H11N5/c12-9-10(13)15-16-6-8(14-11(9)16)7-4-2-1-3-5-7/h1-5H,6,12H2,(H2,13,15). The molecule has 80 valence electrons. The Labute approximate surface area is 92.4 Å². The first kappa shape index (κ1) is 8.96. The predicted octanol–water partition coefficient (Wildman–Crippen LogP) is 1.18. The summed E-state index contributed by atoms with van der Waals surface area (Å²) in [4.78, 5) is 4.45. The largest absolute Gasteiger partial charge is 0.393 e. The fraction of sp³-hybridized carbons (Fsp3) is 0.0909. The highest BCUT2D eigenvalue weighted by molar-refractivity contribution is 6.04. The summed E-state index contributed by atoms with van der Waals surface area (Å²) < 4.78 is 1.73. The minimum atomic E-state index is 0.353. The smallest absolute Gasteiger partial charge is 0.177 e. The Hall–Kier alpha value is -2.30. The summed E-state index contributed by atoms with van der Waals surface area (Å²) in [6.45, 7) is 0.626. The van der Waals surface area contributed by atoms with E-state index in [2.05, 4.69) is 10.1 Å². The van der Waals surface area contributed by atoms with Gasteiger partial charge in [0.2, 0.25) is 0 Å². The van der Waals surface area contributed by atoms with Gasteiger partial charge in [-0.1, -0.05) is 30.3 Å². The van der Waals surface area contributed by atoms with Crippen molar-refractivity contribution >= 4 is 23.0 Å². The van der Waals surface area contributed by atoms with Crippen LogP contribution in [0.15, 0.2) is 35.3 Å². The van der Waals surface area contributed by atoms with Gasteiger partial charge in [0.1, 0.15) is 5.69 Å². The van der Waals surface area contributed by atoms with E-state index in [0.29, 0.717) is 23.9 Å². The van der Waals surface area contributed by atoms with Crippen molar-refractivity contribution in [1.82, 2.24) is 9.78 Å². The van der Waals surface area contributed by atoms with Gasteiger partial charge >= 0.3 is 0 Å². The van der Waals surface area contributed by atoms with E-state index in [9.17, 15) is 0 Å². The van der Waals surface area contributed by atoms with Crippen LogP contribution in [0.4, 0.5) is 17.3 Å². The molecule has 1 aromatic heterocycles. The number of hydrogen-bond donors (Lipinski definition) is 2. The lowest BCUT2D eigenvalue weighted by Crippen LogP contribution is -2.07. The van der Waals surface area contributed by atoms with Gasteiger partial charge in [-0.2, -0.15) is 5.10 Å². The molecule has 5 nitrogen and oxygen atoms in total. The number of aliphatic imine (C=N–C) groups is 1. The molecule has 5 heteroatoms. The van der Waals surface area contributed by atoms with Crippen LogP contribution in [0, 0.1) is 0 Å². The van der Waals surface area contributed by atoms with Gasteiger partial charge in [-0.15, -0.1) is 0 Å². The minimum absolute atomic E-state index is 0.353. The fourth-order valence-electron chi connectivity index (χ4n) is 1.80. The second-order valence-corrected chi connectivity index (χ2v) is 3.70. The molecule has 0 unspecified atom stereocenters. The molecule has 0 saturated carbocycles. The van der Waals surface area contributed by atoms with Crippen LogP contribution in [-0.4, -0.2) is 15.5 Å². The number of nitrogens with zero attached hydrogens (tertiary/aromatic N) is 3. The van der Waals surface area contributed by atoms with Gasteiger partial charge in [0.15, 0.2) is 11.6 Å². The summed E-state index contributed by atoms with van der Waals surface area (Å²) in [7, 11) is 0. The Morgan fingerprint density at radius 3 is 2.56 bits per heavy atom. The first-order valence-electron chi connectivity index (χ1n) is 5.00. The van der Waals surface area contributed by atoms with E-state index in [4.69, 9.17) is 11.5 Å². The average Bonchev–Trinajstić information content (AvgIpc) is 2.82. The number of nitrogen functional groups attached to an aromatic ring is 2. The molecule has 2 aromatic rings. The van der Waals surface area contributed by atoms with E-state index < -0.39 is 0 Å². The van der Waals surface area contributed by atoms with E-state index in [1.165, 1.54) is 0 Å². The van der Waals surface area contributed by atoms with E-state index in [1.807, 2.05) is 30.3 Å². The molecule has 0 spiro atoms. The van der Waals surface area contributed by atoms with Gasteiger partial charge in [0, 0.05) is 0 Å². The number of fused-ring (bicyclic) bond motifs is 1. The number of aromatic nitrogens is 2. The van der Waals surface area contributed by atoms with Crippen molar-refractivity contribution in [2.24, 2.45) is 4.99 Å². The lowest BCUT2D eigenvalue weighted by atomic mass is 10.1. The number of rotatable bonds is 1. The first-order valence-corrected chi connectivity index (χ1v) is 5.00. The van der Waals surface area contributed by atoms with Crippen molar-refractivity contribution < 1.29 is 0 Å². The third-order valence-electron chi connectivity index (χ3n) is 2.64. The Kier molecular flexibility index (Phi) is 1.73. The maximum Gasteiger partial charge on any atom is 0.177 e. The monoisotopic (exact) mass is 213 g/mol. The molecule has 16 heavy (non-hydrogen) atoms. The van der Waals surface area contributed by atoms with Gasteiger partial charge in [-0.25, -0.2) is 9.67 Å². The molecule has 0 aliphatic carbocycles. The fourth-order valence-corrected chi connectivity index (χ4v) is 1.80. The lowest BCUT2D eigenvalue weighted by Gasteiger charge is -1.99. The summed E-state index contributed by atoms with van der Waals surface area (Å²) in [5.74, 6) is 1.02. The second-order valence-electron chi connectivity index (χ2n) is 3.70. The molecule has 0 fully saturated rings. The molecule has 0 amide bonds. The van der Waals surface area contributed by atoms with Crippen molar-refractivity contribution in [3.8, 4) is 0 Å². The summed E-state index contributed by atoms with van der Waals surface area (Å²) in [5.41, 5.74) is 13.9. The van der Waals surface area contributed by atoms with Crippen molar-refractivity contribution in [3.05, 3.63) is 35.9 Å². The molecule has 0 saturated heterocycles. The molecule has 1 aromatic carbocycles. The second kappa shape index (κ2) is 3.10. The molecule has 0 atom stereocenters. The highest BCUT2D eigenvalue weighted by Crippen LogP contribution is 2.32. The van der Waals surface area contributed by atoms with Gasteiger partial charge in [0.05, 0.1) is 12.3 Å². The van der Waals surface area contributed by atoms with Crippen molar-refractivity contribution in [1.29, 1.82) is 0 Å². The Balaban J connectivity index is 2.05. The van der Waals surface area contributed by atoms with E-state index >= 15 is 0 Å². The van der Waals surface area contributed by atoms with Crippen LogP contribution in [0.3, 0.4) is 0 Å². The van der Waals surface area contributed by atoms with Crippen molar-refractivity contribution in [3.63, 3.8) is 0 Å². The van der Waals surface area contributed by atoms with Crippen LogP contribution >= 0.6 is 0 Å². The molecule has 0 radical (unpaired) electrons. The van der Waals surface area contributed by atoms with Crippen LogP contribution in [-0.2, 0) is 6.54 Å². The summed E-state index contributed by atoms with van der Waals surface area (Å²) in [6.07, 6.45) is 0. The van der Waals surface area contributed by atoms with E-state index in [1.54, 1.807) is 4.68 Å². The number of anilines is 2. The Morgan fingerprint density at radius 2 is 1.88 bits per heavy atom. The molecule has 3 rings (SSSR count). The molecular weight excluding hydrogens is 202 g/mol. The van der Waals surface area contributed by atoms with Gasteiger partial charge < -0.3 is 11.5 Å². The zero-order chi connectivity index (χ0) is 11.1. The quantitative estimate of drug-likeness (QED) is 0.746.